The number of hydrogen-bond donors (Lipinski definition) is 3. The number of carbonyl (C=O) groups is 2. The van der Waals surface area contributed by atoms with Crippen molar-refractivity contribution >= 4 is 11.9 Å². The maximum absolute atomic E-state index is 12.5. The van der Waals surface area contributed by atoms with Gasteiger partial charge < -0.3 is 20.3 Å². The second kappa shape index (κ2) is 79.3. The lowest BCUT2D eigenvalue weighted by molar-refractivity contribution is -0.143. The van der Waals surface area contributed by atoms with Crippen molar-refractivity contribution in [2.45, 2.75) is 463 Å². The quantitative estimate of drug-likeness (QED) is 0.0320. The highest BCUT2D eigenvalue weighted by Gasteiger charge is 2.18. The zero-order valence-corrected chi connectivity index (χ0v) is 60.9. The third kappa shape index (κ3) is 74.9. The first-order valence-corrected chi connectivity index (χ1v) is 40.9. The number of carbonyl (C=O) groups excluding carboxylic acids is 2. The molecule has 90 heavy (non-hydrogen) atoms. The van der Waals surface area contributed by atoms with E-state index in [1.165, 1.54) is 372 Å². The van der Waals surface area contributed by atoms with Gasteiger partial charge in [0.15, 0.2) is 0 Å². The topological polar surface area (TPSA) is 95.9 Å². The maximum atomic E-state index is 12.5. The van der Waals surface area contributed by atoms with Crippen LogP contribution in [-0.2, 0) is 14.3 Å². The van der Waals surface area contributed by atoms with Crippen LogP contribution in [0.25, 0.3) is 0 Å². The molecular formula is C84H159NO5. The molecule has 0 aliphatic rings. The molecule has 0 aromatic heterocycles. The van der Waals surface area contributed by atoms with Gasteiger partial charge in [-0.1, -0.05) is 396 Å². The van der Waals surface area contributed by atoms with E-state index in [0.717, 1.165) is 51.4 Å². The third-order valence-corrected chi connectivity index (χ3v) is 19.1. The number of aliphatic hydroxyl groups is 2. The largest absolute Gasteiger partial charge is 0.466 e. The van der Waals surface area contributed by atoms with Crippen molar-refractivity contribution < 1.29 is 24.5 Å². The molecule has 0 fully saturated rings. The number of allylic oxidation sites excluding steroid dienone is 7. The van der Waals surface area contributed by atoms with E-state index in [0.29, 0.717) is 19.4 Å². The summed E-state index contributed by atoms with van der Waals surface area (Å²) in [4.78, 5) is 24.6. The molecule has 0 aromatic carbocycles. The molecule has 6 nitrogen and oxygen atoms in total. The first-order chi connectivity index (χ1) is 44.5. The van der Waals surface area contributed by atoms with Gasteiger partial charge in [0, 0.05) is 12.8 Å². The number of hydrogen-bond acceptors (Lipinski definition) is 5. The number of amides is 1. The van der Waals surface area contributed by atoms with Gasteiger partial charge in [-0.3, -0.25) is 9.59 Å². The molecule has 2 unspecified atom stereocenters. The number of aliphatic hydroxyl groups excluding tert-OH is 2. The Balaban J connectivity index is 3.38. The average Bonchev–Trinajstić information content (AvgIpc) is 3.68. The van der Waals surface area contributed by atoms with Crippen molar-refractivity contribution in [1.82, 2.24) is 5.32 Å². The molecule has 0 bridgehead atoms. The minimum absolute atomic E-state index is 0.0117. The van der Waals surface area contributed by atoms with Crippen LogP contribution in [0.2, 0.25) is 0 Å². The molecule has 0 aromatic rings. The van der Waals surface area contributed by atoms with Crippen LogP contribution < -0.4 is 5.32 Å². The maximum Gasteiger partial charge on any atom is 0.305 e. The summed E-state index contributed by atoms with van der Waals surface area (Å²) in [5.41, 5.74) is 0. The van der Waals surface area contributed by atoms with Crippen molar-refractivity contribution in [1.29, 1.82) is 0 Å². The van der Waals surface area contributed by atoms with Crippen molar-refractivity contribution in [2.75, 3.05) is 13.2 Å². The lowest BCUT2D eigenvalue weighted by Gasteiger charge is -2.20. The Hall–Kier alpha value is -2.18. The SMILES string of the molecule is CCCCCCCCC/C=C\CCCCCCCC(=O)OCCCCCCCCCCCCCCC/C=C\C/C=C\CCCCCCCCCCCCCCCCCCCC(=O)NC(CO)C(O)/C=C/CCCCCCCCCCCCCCCCCCCC. The first kappa shape index (κ1) is 87.8. The summed E-state index contributed by atoms with van der Waals surface area (Å²) < 4.78 is 5.50. The molecule has 0 radical (unpaired) electrons. The van der Waals surface area contributed by atoms with Crippen LogP contribution in [0.4, 0.5) is 0 Å². The van der Waals surface area contributed by atoms with Crippen LogP contribution in [-0.4, -0.2) is 47.4 Å². The van der Waals surface area contributed by atoms with E-state index in [4.69, 9.17) is 4.74 Å². The predicted molar refractivity (Wildman–Crippen MR) is 398 cm³/mol. The molecule has 0 saturated carbocycles. The fraction of sp³-hybridized carbons (Fsp3) is 0.881. The molecule has 530 valence electrons. The minimum Gasteiger partial charge on any atom is -0.466 e. The van der Waals surface area contributed by atoms with Gasteiger partial charge in [0.2, 0.25) is 5.91 Å². The van der Waals surface area contributed by atoms with E-state index in [2.05, 4.69) is 55.6 Å². The number of rotatable bonds is 77. The highest BCUT2D eigenvalue weighted by molar-refractivity contribution is 5.76. The molecule has 2 atom stereocenters. The summed E-state index contributed by atoms with van der Waals surface area (Å²) in [5, 5.41) is 23.3. The predicted octanol–water partition coefficient (Wildman–Crippen LogP) is 27.2. The molecule has 0 saturated heterocycles. The molecule has 0 spiro atoms. The Labute approximate surface area is 563 Å². The standard InChI is InChI=1S/C84H159NO5/c1-3-5-7-9-11-13-15-17-19-21-22-42-45-48-52-56-60-64-68-72-76-82(87)81(80-86)85-83(88)77-73-69-65-61-57-53-49-46-43-40-38-36-34-32-30-28-26-24-23-25-27-29-31-33-35-37-39-41-44-47-51-55-59-63-67-71-75-79-90-84(89)78-74-70-66-62-58-54-50-20-18-16-14-12-10-8-6-4-2/h20,23,25,29,31,50,72,76,81-82,86-87H,3-19,21-22,24,26-28,30,32-49,51-71,73-75,77-80H2,1-2H3,(H,85,88)/b25-23-,31-29-,50-20-,76-72+. The van der Waals surface area contributed by atoms with Gasteiger partial charge in [0.25, 0.3) is 0 Å². The molecule has 6 heteroatoms. The monoisotopic (exact) mass is 1260 g/mol. The number of esters is 1. The van der Waals surface area contributed by atoms with Crippen LogP contribution >= 0.6 is 0 Å². The van der Waals surface area contributed by atoms with Gasteiger partial charge in [-0.2, -0.15) is 0 Å². The van der Waals surface area contributed by atoms with E-state index >= 15 is 0 Å². The van der Waals surface area contributed by atoms with E-state index in [1.54, 1.807) is 6.08 Å². The second-order valence-corrected chi connectivity index (χ2v) is 28.1. The smallest absolute Gasteiger partial charge is 0.305 e. The lowest BCUT2D eigenvalue weighted by Crippen LogP contribution is -2.45. The normalized spacial score (nSPS) is 12.7. The Bertz CT molecular complexity index is 1500. The number of nitrogens with one attached hydrogen (secondary N) is 1. The average molecular weight is 1260 g/mol. The van der Waals surface area contributed by atoms with E-state index in [1.807, 2.05) is 6.08 Å². The summed E-state index contributed by atoms with van der Waals surface area (Å²) >= 11 is 0. The number of unbranched alkanes of at least 4 members (excludes halogenated alkanes) is 60. The molecule has 0 heterocycles. The van der Waals surface area contributed by atoms with E-state index in [-0.39, 0.29) is 18.5 Å². The second-order valence-electron chi connectivity index (χ2n) is 28.1. The fourth-order valence-corrected chi connectivity index (χ4v) is 12.8. The fourth-order valence-electron chi connectivity index (χ4n) is 12.8. The Morgan fingerprint density at radius 3 is 0.856 bits per heavy atom. The van der Waals surface area contributed by atoms with Crippen LogP contribution in [0.3, 0.4) is 0 Å². The van der Waals surface area contributed by atoms with Crippen LogP contribution in [0, 0.1) is 0 Å². The van der Waals surface area contributed by atoms with Gasteiger partial charge >= 0.3 is 5.97 Å². The summed E-state index contributed by atoms with van der Waals surface area (Å²) in [6.07, 6.45) is 105. The van der Waals surface area contributed by atoms with E-state index < -0.39 is 12.1 Å². The van der Waals surface area contributed by atoms with Crippen molar-refractivity contribution in [3.63, 3.8) is 0 Å². The molecule has 1 amide bonds. The third-order valence-electron chi connectivity index (χ3n) is 19.1. The van der Waals surface area contributed by atoms with Crippen LogP contribution in [0.15, 0.2) is 48.6 Å². The van der Waals surface area contributed by atoms with Crippen LogP contribution in [0.1, 0.15) is 450 Å². The van der Waals surface area contributed by atoms with Crippen molar-refractivity contribution in [2.24, 2.45) is 0 Å². The summed E-state index contributed by atoms with van der Waals surface area (Å²) in [5.74, 6) is -0.0495. The highest BCUT2D eigenvalue weighted by Crippen LogP contribution is 2.19. The summed E-state index contributed by atoms with van der Waals surface area (Å²) in [6.45, 7) is 4.94. The zero-order valence-electron chi connectivity index (χ0n) is 60.9. The van der Waals surface area contributed by atoms with Gasteiger partial charge in [0.1, 0.15) is 0 Å². The van der Waals surface area contributed by atoms with Gasteiger partial charge in [-0.15, -0.1) is 0 Å². The zero-order chi connectivity index (χ0) is 64.9. The molecule has 3 N–H and O–H groups in total. The molecule has 0 rings (SSSR count). The van der Waals surface area contributed by atoms with Gasteiger partial charge in [-0.05, 0) is 89.9 Å². The summed E-state index contributed by atoms with van der Waals surface area (Å²) in [7, 11) is 0. The first-order valence-electron chi connectivity index (χ1n) is 40.9. The Morgan fingerprint density at radius 1 is 0.311 bits per heavy atom. The Morgan fingerprint density at radius 2 is 0.556 bits per heavy atom. The van der Waals surface area contributed by atoms with Crippen molar-refractivity contribution in [3.8, 4) is 0 Å². The minimum atomic E-state index is -0.844. The van der Waals surface area contributed by atoms with Crippen molar-refractivity contribution in [3.05, 3.63) is 48.6 Å². The lowest BCUT2D eigenvalue weighted by atomic mass is 10.0. The molecule has 0 aliphatic carbocycles. The van der Waals surface area contributed by atoms with E-state index in [9.17, 15) is 19.8 Å². The highest BCUT2D eigenvalue weighted by atomic mass is 16.5. The van der Waals surface area contributed by atoms with Gasteiger partial charge in [0.05, 0.1) is 25.4 Å². The van der Waals surface area contributed by atoms with Crippen LogP contribution in [0.5, 0.6) is 0 Å². The summed E-state index contributed by atoms with van der Waals surface area (Å²) in [6, 6.07) is -0.627. The van der Waals surface area contributed by atoms with Gasteiger partial charge in [-0.25, -0.2) is 0 Å². The Kier molecular flexibility index (Phi) is 77.3. The molecular weight excluding hydrogens is 1100 g/mol. The molecule has 0 aliphatic heterocycles. The number of ether oxygens (including phenoxy) is 1.